The summed E-state index contributed by atoms with van der Waals surface area (Å²) in [5.41, 5.74) is 0.716. The first-order valence-corrected chi connectivity index (χ1v) is 5.26. The molecule has 0 N–H and O–H groups in total. The second-order valence-corrected chi connectivity index (χ2v) is 3.91. The third-order valence-electron chi connectivity index (χ3n) is 1.97. The summed E-state index contributed by atoms with van der Waals surface area (Å²) < 4.78 is 1.99. The Morgan fingerprint density at radius 1 is 1.71 bits per heavy atom. The van der Waals surface area contributed by atoms with E-state index in [0.717, 1.165) is 5.82 Å². The number of ketones is 1. The van der Waals surface area contributed by atoms with Gasteiger partial charge in [0.05, 0.1) is 11.3 Å². The molecule has 2 heterocycles. The number of Topliss-reactive ketones (excluding diaryl/α,β-unsaturated/α-hetero) is 1. The minimum absolute atomic E-state index is 0.151. The summed E-state index contributed by atoms with van der Waals surface area (Å²) in [6, 6.07) is 3.61. The van der Waals surface area contributed by atoms with Crippen molar-refractivity contribution in [1.82, 2.24) is 4.98 Å². The van der Waals surface area contributed by atoms with E-state index < -0.39 is 0 Å². The molecule has 72 valence electrons. The number of rotatable bonds is 2. The number of nitrogens with zero attached hydrogens (tertiary/aromatic N) is 2. The molecule has 3 nitrogen and oxygen atoms in total. The summed E-state index contributed by atoms with van der Waals surface area (Å²) in [6.07, 6.45) is 3.51. The van der Waals surface area contributed by atoms with Crippen LogP contribution in [0.15, 0.2) is 31.0 Å². The maximum atomic E-state index is 11.5. The summed E-state index contributed by atoms with van der Waals surface area (Å²) in [5.74, 6) is 1.40. The van der Waals surface area contributed by atoms with Crippen LogP contribution in [0, 0.1) is 0 Å². The van der Waals surface area contributed by atoms with E-state index in [1.807, 2.05) is 10.4 Å². The molecule has 0 amide bonds. The van der Waals surface area contributed by atoms with Gasteiger partial charge in [0, 0.05) is 12.7 Å². The first-order valence-electron chi connectivity index (χ1n) is 4.32. The lowest BCUT2D eigenvalue weighted by Crippen LogP contribution is -2.26. The van der Waals surface area contributed by atoms with Gasteiger partial charge in [-0.1, -0.05) is 6.08 Å². The van der Waals surface area contributed by atoms with Crippen LogP contribution in [0.1, 0.15) is 10.4 Å². The number of hydrogen-bond acceptors (Lipinski definition) is 4. The largest absolute Gasteiger partial charge is 0.296 e. The zero-order valence-corrected chi connectivity index (χ0v) is 8.46. The first kappa shape index (κ1) is 9.27. The molecule has 0 bridgehead atoms. The highest BCUT2D eigenvalue weighted by molar-refractivity contribution is 8.01. The van der Waals surface area contributed by atoms with Crippen LogP contribution in [0.25, 0.3) is 0 Å². The number of pyridine rings is 1. The normalized spacial score (nSPS) is 15.1. The van der Waals surface area contributed by atoms with Crippen molar-refractivity contribution in [2.24, 2.45) is 0 Å². The number of hydrogen-bond donors (Lipinski definition) is 0. The van der Waals surface area contributed by atoms with Crippen LogP contribution in [0.2, 0.25) is 0 Å². The number of anilines is 1. The minimum atomic E-state index is 0.151. The maximum absolute atomic E-state index is 11.5. The third-order valence-corrected chi connectivity index (χ3v) is 2.99. The van der Waals surface area contributed by atoms with Crippen LogP contribution in [0.4, 0.5) is 5.82 Å². The number of carbonyl (C=O) groups is 1. The molecular weight excluding hydrogens is 196 g/mol. The average Bonchev–Trinajstić information content (AvgIpc) is 2.23. The summed E-state index contributed by atoms with van der Waals surface area (Å²) in [6.45, 7) is 4.39. The molecule has 0 saturated heterocycles. The Morgan fingerprint density at radius 2 is 2.57 bits per heavy atom. The van der Waals surface area contributed by atoms with Gasteiger partial charge < -0.3 is 0 Å². The monoisotopic (exact) mass is 206 g/mol. The van der Waals surface area contributed by atoms with Gasteiger partial charge >= 0.3 is 0 Å². The number of carbonyl (C=O) groups excluding carboxylic acids is 1. The second-order valence-electron chi connectivity index (χ2n) is 2.92. The van der Waals surface area contributed by atoms with E-state index in [1.165, 1.54) is 11.9 Å². The molecule has 2 rings (SSSR count). The van der Waals surface area contributed by atoms with E-state index >= 15 is 0 Å². The third kappa shape index (κ3) is 1.53. The Labute approximate surface area is 87.0 Å². The molecule has 14 heavy (non-hydrogen) atoms. The Kier molecular flexibility index (Phi) is 2.54. The summed E-state index contributed by atoms with van der Waals surface area (Å²) in [4.78, 5) is 15.7. The van der Waals surface area contributed by atoms with Gasteiger partial charge in [-0.2, -0.15) is 0 Å². The number of aromatic nitrogens is 1. The van der Waals surface area contributed by atoms with Gasteiger partial charge in [0.25, 0.3) is 0 Å². The number of fused-ring (bicyclic) bond motifs is 1. The standard InChI is InChI=1S/C10H10N2OS/c1-2-6-12-10-8(4-3-5-11-10)9(13)7-14-12/h2-5H,1,6-7H2. The van der Waals surface area contributed by atoms with Crippen LogP contribution < -0.4 is 4.31 Å². The lowest BCUT2D eigenvalue weighted by molar-refractivity contribution is 0.102. The highest BCUT2D eigenvalue weighted by Gasteiger charge is 2.23. The quantitative estimate of drug-likeness (QED) is 0.546. The van der Waals surface area contributed by atoms with Gasteiger partial charge in [0.2, 0.25) is 0 Å². The molecule has 0 fully saturated rings. The van der Waals surface area contributed by atoms with E-state index in [1.54, 1.807) is 18.3 Å². The molecule has 1 aliphatic heterocycles. The molecule has 4 heteroatoms. The molecular formula is C10H10N2OS. The van der Waals surface area contributed by atoms with Gasteiger partial charge in [-0.05, 0) is 24.1 Å². The predicted octanol–water partition coefficient (Wildman–Crippen LogP) is 1.92. The Morgan fingerprint density at radius 3 is 3.36 bits per heavy atom. The van der Waals surface area contributed by atoms with E-state index in [2.05, 4.69) is 11.6 Å². The zero-order valence-electron chi connectivity index (χ0n) is 7.64. The molecule has 0 unspecified atom stereocenters. The topological polar surface area (TPSA) is 33.2 Å². The fraction of sp³-hybridized carbons (Fsp3) is 0.200. The second kappa shape index (κ2) is 3.84. The minimum Gasteiger partial charge on any atom is -0.296 e. The van der Waals surface area contributed by atoms with Crippen molar-refractivity contribution in [3.8, 4) is 0 Å². The summed E-state index contributed by atoms with van der Waals surface area (Å²) in [7, 11) is 0. The highest BCUT2D eigenvalue weighted by Crippen LogP contribution is 2.30. The maximum Gasteiger partial charge on any atom is 0.178 e. The van der Waals surface area contributed by atoms with Crippen molar-refractivity contribution >= 4 is 23.5 Å². The molecule has 0 saturated carbocycles. The summed E-state index contributed by atoms with van der Waals surface area (Å²) >= 11 is 1.49. The van der Waals surface area contributed by atoms with Crippen molar-refractivity contribution in [1.29, 1.82) is 0 Å². The van der Waals surface area contributed by atoms with Crippen LogP contribution in [0.5, 0.6) is 0 Å². The van der Waals surface area contributed by atoms with Crippen LogP contribution in [-0.2, 0) is 0 Å². The van der Waals surface area contributed by atoms with Gasteiger partial charge in [0.15, 0.2) is 5.78 Å². The molecule has 1 aromatic rings. The van der Waals surface area contributed by atoms with Crippen molar-refractivity contribution in [3.63, 3.8) is 0 Å². The molecule has 0 aromatic carbocycles. The lowest BCUT2D eigenvalue weighted by atomic mass is 10.2. The molecule has 0 atom stereocenters. The van der Waals surface area contributed by atoms with Gasteiger partial charge in [-0.15, -0.1) is 6.58 Å². The average molecular weight is 206 g/mol. The Balaban J connectivity index is 2.41. The zero-order chi connectivity index (χ0) is 9.97. The molecule has 0 aliphatic carbocycles. The van der Waals surface area contributed by atoms with Crippen molar-refractivity contribution in [3.05, 3.63) is 36.5 Å². The van der Waals surface area contributed by atoms with Crippen LogP contribution in [0.3, 0.4) is 0 Å². The Hall–Kier alpha value is -1.29. The van der Waals surface area contributed by atoms with E-state index in [0.29, 0.717) is 17.9 Å². The fourth-order valence-corrected chi connectivity index (χ4v) is 2.25. The van der Waals surface area contributed by atoms with E-state index in [4.69, 9.17) is 0 Å². The SMILES string of the molecule is C=CCN1SCC(=O)c2cccnc21. The van der Waals surface area contributed by atoms with Gasteiger partial charge in [-0.3, -0.25) is 9.10 Å². The summed E-state index contributed by atoms with van der Waals surface area (Å²) in [5, 5.41) is 0. The van der Waals surface area contributed by atoms with Crippen LogP contribution >= 0.6 is 11.9 Å². The van der Waals surface area contributed by atoms with Crippen molar-refractivity contribution < 1.29 is 4.79 Å². The van der Waals surface area contributed by atoms with Crippen molar-refractivity contribution in [2.75, 3.05) is 16.6 Å². The highest BCUT2D eigenvalue weighted by atomic mass is 32.2. The lowest BCUT2D eigenvalue weighted by Gasteiger charge is -2.26. The van der Waals surface area contributed by atoms with Gasteiger partial charge in [0.1, 0.15) is 5.82 Å². The predicted molar refractivity (Wildman–Crippen MR) is 58.6 cm³/mol. The van der Waals surface area contributed by atoms with Crippen molar-refractivity contribution in [2.45, 2.75) is 0 Å². The van der Waals surface area contributed by atoms with E-state index in [-0.39, 0.29) is 5.78 Å². The fourth-order valence-electron chi connectivity index (χ4n) is 1.35. The molecule has 1 aliphatic rings. The van der Waals surface area contributed by atoms with Gasteiger partial charge in [-0.25, -0.2) is 4.98 Å². The van der Waals surface area contributed by atoms with Crippen LogP contribution in [-0.4, -0.2) is 23.1 Å². The smallest absolute Gasteiger partial charge is 0.178 e. The molecule has 0 spiro atoms. The first-order chi connectivity index (χ1) is 6.83. The molecule has 1 aromatic heterocycles. The molecule has 0 radical (unpaired) electrons. The van der Waals surface area contributed by atoms with E-state index in [9.17, 15) is 4.79 Å². The Bertz CT molecular complexity index is 378.